The molecule has 0 bridgehead atoms. The molecule has 17 heavy (non-hydrogen) atoms. The van der Waals surface area contributed by atoms with Gasteiger partial charge >= 0.3 is 0 Å². The van der Waals surface area contributed by atoms with E-state index < -0.39 is 0 Å². The van der Waals surface area contributed by atoms with Crippen molar-refractivity contribution in [1.82, 2.24) is 9.55 Å². The fourth-order valence-corrected chi connectivity index (χ4v) is 1.86. The predicted molar refractivity (Wildman–Crippen MR) is 71.8 cm³/mol. The minimum Gasteiger partial charge on any atom is -0.326 e. The van der Waals surface area contributed by atoms with Gasteiger partial charge in [0.1, 0.15) is 0 Å². The molecular weight excluding hydrogens is 234 g/mol. The Morgan fingerprint density at radius 1 is 1.41 bits per heavy atom. The van der Waals surface area contributed by atoms with Gasteiger partial charge in [-0.05, 0) is 24.1 Å². The zero-order valence-electron chi connectivity index (χ0n) is 10.0. The first-order valence-corrected chi connectivity index (χ1v) is 6.06. The van der Waals surface area contributed by atoms with Gasteiger partial charge in [-0.25, -0.2) is 4.98 Å². The molecule has 0 fully saturated rings. The number of anilines is 2. The maximum Gasteiger partial charge on any atom is 0.207 e. The van der Waals surface area contributed by atoms with Gasteiger partial charge in [-0.2, -0.15) is 0 Å². The Morgan fingerprint density at radius 2 is 2.24 bits per heavy atom. The summed E-state index contributed by atoms with van der Waals surface area (Å²) in [5, 5.41) is 3.99. The smallest absolute Gasteiger partial charge is 0.207 e. The van der Waals surface area contributed by atoms with E-state index in [2.05, 4.69) is 28.7 Å². The highest BCUT2D eigenvalue weighted by Gasteiger charge is 2.04. The fourth-order valence-electron chi connectivity index (χ4n) is 1.67. The van der Waals surface area contributed by atoms with Crippen LogP contribution in [0.3, 0.4) is 0 Å². The quantitative estimate of drug-likeness (QED) is 0.890. The second kappa shape index (κ2) is 5.23. The molecule has 1 aromatic carbocycles. The van der Waals surface area contributed by atoms with Gasteiger partial charge in [0.25, 0.3) is 0 Å². The number of benzene rings is 1. The molecule has 2 rings (SSSR count). The van der Waals surface area contributed by atoms with Gasteiger partial charge in [0.15, 0.2) is 0 Å². The average molecular weight is 250 g/mol. The van der Waals surface area contributed by atoms with Crippen LogP contribution in [-0.2, 0) is 6.54 Å². The van der Waals surface area contributed by atoms with Crippen LogP contribution in [0.1, 0.15) is 13.8 Å². The molecule has 1 heterocycles. The summed E-state index contributed by atoms with van der Waals surface area (Å²) in [6.45, 7) is 5.31. The topological polar surface area (TPSA) is 29.9 Å². The number of halogens is 1. The number of nitrogens with one attached hydrogen (secondary N) is 1. The largest absolute Gasteiger partial charge is 0.326 e. The van der Waals surface area contributed by atoms with Gasteiger partial charge in [0.2, 0.25) is 5.95 Å². The molecule has 0 amide bonds. The zero-order valence-corrected chi connectivity index (χ0v) is 10.8. The monoisotopic (exact) mass is 249 g/mol. The van der Waals surface area contributed by atoms with Crippen LogP contribution in [0.15, 0.2) is 36.7 Å². The maximum atomic E-state index is 5.94. The zero-order chi connectivity index (χ0) is 12.3. The molecule has 90 valence electrons. The van der Waals surface area contributed by atoms with Crippen molar-refractivity contribution in [3.63, 3.8) is 0 Å². The van der Waals surface area contributed by atoms with Gasteiger partial charge in [0.05, 0.1) is 0 Å². The molecule has 0 unspecified atom stereocenters. The van der Waals surface area contributed by atoms with Crippen LogP contribution in [0, 0.1) is 5.92 Å². The van der Waals surface area contributed by atoms with Crippen molar-refractivity contribution in [2.24, 2.45) is 5.92 Å². The summed E-state index contributed by atoms with van der Waals surface area (Å²) < 4.78 is 2.10. The molecule has 0 aliphatic carbocycles. The highest BCUT2D eigenvalue weighted by Crippen LogP contribution is 2.19. The lowest BCUT2D eigenvalue weighted by Gasteiger charge is -2.11. The van der Waals surface area contributed by atoms with Crippen molar-refractivity contribution in [3.8, 4) is 0 Å². The Morgan fingerprint density at radius 3 is 2.94 bits per heavy atom. The lowest BCUT2D eigenvalue weighted by atomic mass is 10.2. The van der Waals surface area contributed by atoms with E-state index in [1.165, 1.54) is 0 Å². The van der Waals surface area contributed by atoms with Gasteiger partial charge < -0.3 is 9.88 Å². The lowest BCUT2D eigenvalue weighted by molar-refractivity contribution is 0.527. The van der Waals surface area contributed by atoms with Crippen molar-refractivity contribution in [2.75, 3.05) is 5.32 Å². The predicted octanol–water partition coefficient (Wildman–Crippen LogP) is 3.94. The maximum absolute atomic E-state index is 5.94. The molecule has 2 aromatic rings. The lowest BCUT2D eigenvalue weighted by Crippen LogP contribution is -2.07. The number of imidazole rings is 1. The standard InChI is InChI=1S/C13H16ClN3/c1-10(2)9-17-7-6-15-13(17)16-12-5-3-4-11(14)8-12/h3-8,10H,9H2,1-2H3,(H,15,16). The van der Waals surface area contributed by atoms with Crippen molar-refractivity contribution in [2.45, 2.75) is 20.4 Å². The third-order valence-electron chi connectivity index (χ3n) is 2.36. The number of rotatable bonds is 4. The molecule has 1 aromatic heterocycles. The van der Waals surface area contributed by atoms with Crippen LogP contribution >= 0.6 is 11.6 Å². The first-order chi connectivity index (χ1) is 8.15. The SMILES string of the molecule is CC(C)Cn1ccnc1Nc1cccc(Cl)c1. The average Bonchev–Trinajstić information content (AvgIpc) is 2.65. The second-order valence-corrected chi connectivity index (χ2v) is 4.87. The van der Waals surface area contributed by atoms with E-state index in [1.54, 1.807) is 6.20 Å². The number of aromatic nitrogens is 2. The number of nitrogens with zero attached hydrogens (tertiary/aromatic N) is 2. The Hall–Kier alpha value is -1.48. The Kier molecular flexibility index (Phi) is 3.69. The van der Waals surface area contributed by atoms with Crippen LogP contribution in [0.5, 0.6) is 0 Å². The van der Waals surface area contributed by atoms with Crippen LogP contribution in [0.25, 0.3) is 0 Å². The molecule has 0 atom stereocenters. The molecule has 0 spiro atoms. The molecule has 3 nitrogen and oxygen atoms in total. The Labute approximate surface area is 106 Å². The van der Waals surface area contributed by atoms with Crippen molar-refractivity contribution in [3.05, 3.63) is 41.7 Å². The highest BCUT2D eigenvalue weighted by molar-refractivity contribution is 6.30. The van der Waals surface area contributed by atoms with Gasteiger partial charge in [-0.1, -0.05) is 31.5 Å². The van der Waals surface area contributed by atoms with Crippen LogP contribution in [-0.4, -0.2) is 9.55 Å². The molecule has 0 radical (unpaired) electrons. The van der Waals surface area contributed by atoms with Gasteiger partial charge in [-0.15, -0.1) is 0 Å². The van der Waals surface area contributed by atoms with Crippen LogP contribution in [0.4, 0.5) is 11.6 Å². The van der Waals surface area contributed by atoms with E-state index >= 15 is 0 Å². The van der Waals surface area contributed by atoms with Crippen molar-refractivity contribution in [1.29, 1.82) is 0 Å². The number of hydrogen-bond acceptors (Lipinski definition) is 2. The number of hydrogen-bond donors (Lipinski definition) is 1. The van der Waals surface area contributed by atoms with E-state index in [0.717, 1.165) is 23.2 Å². The minimum atomic E-state index is 0.587. The first kappa shape index (κ1) is 12.0. The van der Waals surface area contributed by atoms with Crippen LogP contribution < -0.4 is 5.32 Å². The van der Waals surface area contributed by atoms with E-state index in [9.17, 15) is 0 Å². The third-order valence-corrected chi connectivity index (χ3v) is 2.59. The molecule has 0 saturated carbocycles. The molecule has 0 saturated heterocycles. The summed E-state index contributed by atoms with van der Waals surface area (Å²) in [6.07, 6.45) is 3.78. The molecular formula is C13H16ClN3. The summed E-state index contributed by atoms with van der Waals surface area (Å²) in [5.41, 5.74) is 0.953. The van der Waals surface area contributed by atoms with Crippen LogP contribution in [0.2, 0.25) is 5.02 Å². The molecule has 0 aliphatic rings. The second-order valence-electron chi connectivity index (χ2n) is 4.43. The fraction of sp³-hybridized carbons (Fsp3) is 0.308. The van der Waals surface area contributed by atoms with Crippen molar-refractivity contribution >= 4 is 23.2 Å². The van der Waals surface area contributed by atoms with E-state index in [4.69, 9.17) is 11.6 Å². The molecule has 1 N–H and O–H groups in total. The summed E-state index contributed by atoms with van der Waals surface area (Å²) in [4.78, 5) is 4.30. The van der Waals surface area contributed by atoms with Gasteiger partial charge in [-0.3, -0.25) is 0 Å². The summed E-state index contributed by atoms with van der Waals surface area (Å²) in [6, 6.07) is 7.63. The Bertz CT molecular complexity index is 491. The normalized spacial score (nSPS) is 10.8. The van der Waals surface area contributed by atoms with E-state index in [0.29, 0.717) is 5.92 Å². The summed E-state index contributed by atoms with van der Waals surface area (Å²) in [7, 11) is 0. The third kappa shape index (κ3) is 3.24. The minimum absolute atomic E-state index is 0.587. The Balaban J connectivity index is 2.16. The van der Waals surface area contributed by atoms with Gasteiger partial charge in [0, 0.05) is 29.6 Å². The van der Waals surface area contributed by atoms with E-state index in [-0.39, 0.29) is 0 Å². The first-order valence-electron chi connectivity index (χ1n) is 5.69. The van der Waals surface area contributed by atoms with E-state index in [1.807, 2.05) is 30.5 Å². The highest BCUT2D eigenvalue weighted by atomic mass is 35.5. The summed E-state index contributed by atoms with van der Waals surface area (Å²) in [5.74, 6) is 1.44. The summed E-state index contributed by atoms with van der Waals surface area (Å²) >= 11 is 5.94. The molecule has 4 heteroatoms. The van der Waals surface area contributed by atoms with Crippen molar-refractivity contribution < 1.29 is 0 Å². The molecule has 0 aliphatic heterocycles.